The molecule has 0 bridgehead atoms. The van der Waals surface area contributed by atoms with Crippen LogP contribution in [0.5, 0.6) is 0 Å². The van der Waals surface area contributed by atoms with E-state index < -0.39 is 22.0 Å². The molecule has 0 aliphatic carbocycles. The molecule has 11 heteroatoms. The Balaban J connectivity index is 1.39. The predicted octanol–water partition coefficient (Wildman–Crippen LogP) is 4.14. The van der Waals surface area contributed by atoms with Crippen LogP contribution < -0.4 is 15.8 Å². The highest BCUT2D eigenvalue weighted by molar-refractivity contribution is 7.90. The Bertz CT molecular complexity index is 1600. The molecule has 4 N–H and O–H groups in total. The predicted molar refractivity (Wildman–Crippen MR) is 146 cm³/mol. The lowest BCUT2D eigenvalue weighted by Gasteiger charge is -2.10. The van der Waals surface area contributed by atoms with E-state index in [2.05, 4.69) is 10.4 Å². The Hall–Kier alpha value is -4.15. The molecule has 0 saturated heterocycles. The first-order valence-electron chi connectivity index (χ1n) is 11.7. The molecule has 4 rings (SSSR count). The van der Waals surface area contributed by atoms with Crippen LogP contribution in [0.4, 0.5) is 4.79 Å². The van der Waals surface area contributed by atoms with Gasteiger partial charge in [0.1, 0.15) is 0 Å². The monoisotopic (exact) mass is 551 g/mol. The van der Waals surface area contributed by atoms with Gasteiger partial charge < -0.3 is 11.1 Å². The average molecular weight is 552 g/mol. The summed E-state index contributed by atoms with van der Waals surface area (Å²) in [4.78, 5) is 23.7. The van der Waals surface area contributed by atoms with Gasteiger partial charge in [-0.1, -0.05) is 35.9 Å². The summed E-state index contributed by atoms with van der Waals surface area (Å²) in [7, 11) is -3.99. The van der Waals surface area contributed by atoms with Crippen LogP contribution in [0.25, 0.3) is 16.8 Å². The van der Waals surface area contributed by atoms with Gasteiger partial charge in [0.25, 0.3) is 10.0 Å². The molecule has 0 saturated carbocycles. The molecule has 196 valence electrons. The fourth-order valence-corrected chi connectivity index (χ4v) is 5.15. The Morgan fingerprint density at radius 2 is 1.68 bits per heavy atom. The van der Waals surface area contributed by atoms with Crippen LogP contribution in [0.3, 0.4) is 0 Å². The van der Waals surface area contributed by atoms with E-state index in [4.69, 9.17) is 17.3 Å². The van der Waals surface area contributed by atoms with E-state index in [0.29, 0.717) is 17.0 Å². The molecular weight excluding hydrogens is 526 g/mol. The van der Waals surface area contributed by atoms with Gasteiger partial charge in [0.2, 0.25) is 5.91 Å². The summed E-state index contributed by atoms with van der Waals surface area (Å²) >= 11 is 5.78. The van der Waals surface area contributed by atoms with Gasteiger partial charge in [-0.3, -0.25) is 4.79 Å². The third kappa shape index (κ3) is 6.04. The summed E-state index contributed by atoms with van der Waals surface area (Å²) in [6.07, 6.45) is 0.497. The number of halogens is 1. The zero-order valence-corrected chi connectivity index (χ0v) is 22.3. The number of carbonyl (C=O) groups excluding carboxylic acids is 2. The van der Waals surface area contributed by atoms with Crippen LogP contribution in [-0.4, -0.2) is 36.7 Å². The van der Waals surface area contributed by atoms with Crippen LogP contribution in [-0.2, 0) is 16.4 Å². The third-order valence-electron chi connectivity index (χ3n) is 5.96. The molecule has 1 heterocycles. The number of aryl methyl sites for hydroxylation is 1. The van der Waals surface area contributed by atoms with E-state index in [-0.39, 0.29) is 11.4 Å². The fraction of sp³-hybridized carbons (Fsp3) is 0.148. The highest BCUT2D eigenvalue weighted by Gasteiger charge is 2.18. The molecule has 0 fully saturated rings. The molecule has 0 unspecified atom stereocenters. The van der Waals surface area contributed by atoms with Crippen molar-refractivity contribution in [1.82, 2.24) is 19.8 Å². The Labute approximate surface area is 225 Å². The summed E-state index contributed by atoms with van der Waals surface area (Å²) in [5.74, 6) is -0.486. The molecule has 0 aliphatic rings. The van der Waals surface area contributed by atoms with Gasteiger partial charge in [-0.2, -0.15) is 5.10 Å². The van der Waals surface area contributed by atoms with Crippen molar-refractivity contribution in [1.29, 1.82) is 0 Å². The maximum absolute atomic E-state index is 12.3. The minimum atomic E-state index is -3.99. The minimum absolute atomic E-state index is 0.0551. The van der Waals surface area contributed by atoms with Crippen molar-refractivity contribution >= 4 is 33.6 Å². The third-order valence-corrected chi connectivity index (χ3v) is 7.56. The van der Waals surface area contributed by atoms with E-state index in [1.807, 2.05) is 53.6 Å². The van der Waals surface area contributed by atoms with Gasteiger partial charge in [-0.15, -0.1) is 0 Å². The maximum Gasteiger partial charge on any atom is 0.328 e. The first-order chi connectivity index (χ1) is 18.0. The first kappa shape index (κ1) is 26.9. The lowest BCUT2D eigenvalue weighted by Crippen LogP contribution is -2.40. The van der Waals surface area contributed by atoms with E-state index in [9.17, 15) is 18.0 Å². The van der Waals surface area contributed by atoms with Crippen LogP contribution >= 0.6 is 11.6 Å². The first-order valence-corrected chi connectivity index (χ1v) is 13.5. The van der Waals surface area contributed by atoms with Gasteiger partial charge in [0.15, 0.2) is 0 Å². The van der Waals surface area contributed by atoms with Gasteiger partial charge in [-0.05, 0) is 79.9 Å². The summed E-state index contributed by atoms with van der Waals surface area (Å²) < 4.78 is 28.4. The van der Waals surface area contributed by atoms with Crippen molar-refractivity contribution in [3.8, 4) is 16.8 Å². The fourth-order valence-electron chi connectivity index (χ4n) is 4.09. The summed E-state index contributed by atoms with van der Waals surface area (Å²) in [5.41, 5.74) is 11.2. The van der Waals surface area contributed by atoms with E-state index in [0.717, 1.165) is 33.8 Å². The van der Waals surface area contributed by atoms with Crippen molar-refractivity contribution in [3.63, 3.8) is 0 Å². The van der Waals surface area contributed by atoms with Crippen LogP contribution in [0.15, 0.2) is 77.7 Å². The average Bonchev–Trinajstić information content (AvgIpc) is 3.18. The Morgan fingerprint density at radius 1 is 1.00 bits per heavy atom. The second-order valence-electron chi connectivity index (χ2n) is 8.63. The summed E-state index contributed by atoms with van der Waals surface area (Å²) in [6.45, 7) is 4.11. The second-order valence-corrected chi connectivity index (χ2v) is 10.8. The highest BCUT2D eigenvalue weighted by atomic mass is 35.5. The number of aromatic nitrogens is 2. The number of nitrogens with one attached hydrogen (secondary N) is 2. The molecule has 0 radical (unpaired) electrons. The molecule has 3 amide bonds. The summed E-state index contributed by atoms with van der Waals surface area (Å²) in [5, 5.41) is 7.64. The van der Waals surface area contributed by atoms with Crippen molar-refractivity contribution in [2.75, 3.05) is 6.54 Å². The standard InChI is InChI=1S/C27H26ClN5O4S/c1-17-25(20-4-3-5-21(16-20)26(29)34)18(2)33(31-17)23-10-6-19(7-11-23)14-15-30-27(35)32-38(36,37)24-12-8-22(28)9-13-24/h3-13,16H,14-15H2,1-2H3,(H2,29,34)(H2,30,32,35). The number of nitrogens with two attached hydrogens (primary N) is 1. The molecule has 38 heavy (non-hydrogen) atoms. The number of amides is 3. The number of primary amides is 1. The van der Waals surface area contributed by atoms with E-state index in [1.54, 1.807) is 18.2 Å². The number of hydrogen-bond donors (Lipinski definition) is 3. The number of urea groups is 1. The molecule has 1 aromatic heterocycles. The van der Waals surface area contributed by atoms with Crippen LogP contribution in [0, 0.1) is 13.8 Å². The number of carbonyl (C=O) groups is 2. The van der Waals surface area contributed by atoms with Crippen molar-refractivity contribution < 1.29 is 18.0 Å². The zero-order chi connectivity index (χ0) is 27.4. The molecule has 0 aliphatic heterocycles. The molecule has 0 spiro atoms. The highest BCUT2D eigenvalue weighted by Crippen LogP contribution is 2.29. The summed E-state index contributed by atoms with van der Waals surface area (Å²) in [6, 6.07) is 19.5. The largest absolute Gasteiger partial charge is 0.366 e. The topological polar surface area (TPSA) is 136 Å². The lowest BCUT2D eigenvalue weighted by molar-refractivity contribution is 0.1000. The zero-order valence-electron chi connectivity index (χ0n) is 20.7. The van der Waals surface area contributed by atoms with Crippen LogP contribution in [0.1, 0.15) is 27.3 Å². The maximum atomic E-state index is 12.3. The molecular formula is C27H26ClN5O4S. The second kappa shape index (κ2) is 11.1. The van der Waals surface area contributed by atoms with Crippen molar-refractivity contribution in [3.05, 3.63) is 100 Å². The number of benzene rings is 3. The molecule has 9 nitrogen and oxygen atoms in total. The number of sulfonamides is 1. The number of rotatable bonds is 8. The van der Waals surface area contributed by atoms with Gasteiger partial charge in [0, 0.05) is 28.4 Å². The van der Waals surface area contributed by atoms with Crippen molar-refractivity contribution in [2.45, 2.75) is 25.2 Å². The molecule has 3 aromatic carbocycles. The molecule has 4 aromatic rings. The Morgan fingerprint density at radius 3 is 2.34 bits per heavy atom. The Kier molecular flexibility index (Phi) is 7.84. The van der Waals surface area contributed by atoms with E-state index >= 15 is 0 Å². The van der Waals surface area contributed by atoms with E-state index in [1.165, 1.54) is 24.3 Å². The molecule has 0 atom stereocenters. The van der Waals surface area contributed by atoms with Gasteiger partial charge >= 0.3 is 6.03 Å². The number of hydrogen-bond acceptors (Lipinski definition) is 5. The minimum Gasteiger partial charge on any atom is -0.366 e. The van der Waals surface area contributed by atoms with Crippen molar-refractivity contribution in [2.24, 2.45) is 5.73 Å². The normalized spacial score (nSPS) is 11.2. The number of nitrogens with zero attached hydrogens (tertiary/aromatic N) is 2. The lowest BCUT2D eigenvalue weighted by atomic mass is 10.0. The van der Waals surface area contributed by atoms with Gasteiger partial charge in [0.05, 0.1) is 16.3 Å². The smallest absolute Gasteiger partial charge is 0.328 e. The van der Waals surface area contributed by atoms with Gasteiger partial charge in [-0.25, -0.2) is 22.6 Å². The SMILES string of the molecule is Cc1nn(-c2ccc(CCNC(=O)NS(=O)(=O)c3ccc(Cl)cc3)cc2)c(C)c1-c1cccc(C(N)=O)c1. The van der Waals surface area contributed by atoms with Crippen LogP contribution in [0.2, 0.25) is 5.02 Å². The quantitative estimate of drug-likeness (QED) is 0.302.